The van der Waals surface area contributed by atoms with Gasteiger partial charge in [-0.2, -0.15) is 0 Å². The summed E-state index contributed by atoms with van der Waals surface area (Å²) in [6.07, 6.45) is 0.769. The number of thiazole rings is 1. The number of nitrogens with zero attached hydrogens (tertiary/aromatic N) is 2. The third-order valence-electron chi connectivity index (χ3n) is 2.34. The van der Waals surface area contributed by atoms with E-state index < -0.39 is 5.91 Å². The van der Waals surface area contributed by atoms with E-state index in [0.29, 0.717) is 18.1 Å². The van der Waals surface area contributed by atoms with Crippen molar-refractivity contribution in [2.45, 2.75) is 6.42 Å². The number of primary amides is 1. The molecule has 0 spiro atoms. The SMILES string of the molecule is NC(=O)c1ccc(N)c(NCCc2cscn2)n1. The van der Waals surface area contributed by atoms with Gasteiger partial charge in [-0.15, -0.1) is 11.3 Å². The lowest BCUT2D eigenvalue weighted by atomic mass is 10.3. The molecule has 6 nitrogen and oxygen atoms in total. The van der Waals surface area contributed by atoms with Crippen molar-refractivity contribution in [3.8, 4) is 0 Å². The Bertz CT molecular complexity index is 540. The summed E-state index contributed by atoms with van der Waals surface area (Å²) in [6, 6.07) is 3.11. The molecule has 0 aromatic carbocycles. The molecule has 0 fully saturated rings. The quantitative estimate of drug-likeness (QED) is 0.742. The molecule has 0 saturated heterocycles. The van der Waals surface area contributed by atoms with Crippen LogP contribution < -0.4 is 16.8 Å². The monoisotopic (exact) mass is 263 g/mol. The molecular formula is C11H13N5OS. The molecule has 0 aliphatic carbocycles. The molecule has 94 valence electrons. The summed E-state index contributed by atoms with van der Waals surface area (Å²) in [5.41, 5.74) is 14.4. The molecule has 18 heavy (non-hydrogen) atoms. The van der Waals surface area contributed by atoms with Crippen LogP contribution >= 0.6 is 11.3 Å². The number of hydrogen-bond acceptors (Lipinski definition) is 6. The van der Waals surface area contributed by atoms with Crippen molar-refractivity contribution >= 4 is 28.7 Å². The van der Waals surface area contributed by atoms with Gasteiger partial charge in [0.1, 0.15) is 11.5 Å². The Kier molecular flexibility index (Phi) is 3.73. The van der Waals surface area contributed by atoms with Gasteiger partial charge in [-0.3, -0.25) is 4.79 Å². The largest absolute Gasteiger partial charge is 0.396 e. The van der Waals surface area contributed by atoms with E-state index in [4.69, 9.17) is 11.5 Å². The van der Waals surface area contributed by atoms with Gasteiger partial charge in [0.15, 0.2) is 0 Å². The number of nitrogen functional groups attached to an aromatic ring is 1. The minimum absolute atomic E-state index is 0.195. The van der Waals surface area contributed by atoms with E-state index in [1.807, 2.05) is 5.38 Å². The number of anilines is 2. The Morgan fingerprint density at radius 2 is 2.28 bits per heavy atom. The van der Waals surface area contributed by atoms with Gasteiger partial charge < -0.3 is 16.8 Å². The standard InChI is InChI=1S/C11H13N5OS/c12-8-1-2-9(10(13)17)16-11(8)14-4-3-7-5-18-6-15-7/h1-2,5-6H,3-4,12H2,(H2,13,17)(H,14,16). The van der Waals surface area contributed by atoms with Crippen LogP contribution in [-0.4, -0.2) is 22.4 Å². The van der Waals surface area contributed by atoms with E-state index in [0.717, 1.165) is 12.1 Å². The second-order valence-electron chi connectivity index (χ2n) is 3.66. The third-order valence-corrected chi connectivity index (χ3v) is 2.97. The average molecular weight is 263 g/mol. The van der Waals surface area contributed by atoms with Gasteiger partial charge in [-0.25, -0.2) is 9.97 Å². The highest BCUT2D eigenvalue weighted by Gasteiger charge is 2.06. The molecule has 0 unspecified atom stereocenters. The van der Waals surface area contributed by atoms with Crippen LogP contribution in [0.5, 0.6) is 0 Å². The Morgan fingerprint density at radius 1 is 1.44 bits per heavy atom. The molecular weight excluding hydrogens is 250 g/mol. The minimum atomic E-state index is -0.572. The molecule has 0 bridgehead atoms. The molecule has 5 N–H and O–H groups in total. The number of rotatable bonds is 5. The average Bonchev–Trinajstić information content (AvgIpc) is 2.84. The van der Waals surface area contributed by atoms with E-state index in [1.165, 1.54) is 6.07 Å². The fourth-order valence-electron chi connectivity index (χ4n) is 1.42. The molecule has 7 heteroatoms. The summed E-state index contributed by atoms with van der Waals surface area (Å²) in [5.74, 6) is -0.0981. The Labute approximate surface area is 108 Å². The highest BCUT2D eigenvalue weighted by molar-refractivity contribution is 7.07. The van der Waals surface area contributed by atoms with E-state index in [2.05, 4.69) is 15.3 Å². The van der Waals surface area contributed by atoms with Crippen LogP contribution in [-0.2, 0) is 6.42 Å². The molecule has 0 radical (unpaired) electrons. The topological polar surface area (TPSA) is 107 Å². The molecule has 2 aromatic heterocycles. The minimum Gasteiger partial charge on any atom is -0.396 e. The molecule has 0 saturated carbocycles. The summed E-state index contributed by atoms with van der Waals surface area (Å²) in [6.45, 7) is 0.642. The van der Waals surface area contributed by atoms with Crippen molar-refractivity contribution in [1.29, 1.82) is 0 Å². The van der Waals surface area contributed by atoms with Gasteiger partial charge in [0.2, 0.25) is 0 Å². The second kappa shape index (κ2) is 5.46. The number of aromatic nitrogens is 2. The molecule has 2 aromatic rings. The van der Waals surface area contributed by atoms with Gasteiger partial charge in [-0.1, -0.05) is 0 Å². The zero-order valence-corrected chi connectivity index (χ0v) is 10.4. The second-order valence-corrected chi connectivity index (χ2v) is 4.37. The van der Waals surface area contributed by atoms with Crippen LogP contribution in [0.4, 0.5) is 11.5 Å². The predicted molar refractivity (Wildman–Crippen MR) is 71.5 cm³/mol. The zero-order chi connectivity index (χ0) is 13.0. The third kappa shape index (κ3) is 2.95. The van der Waals surface area contributed by atoms with Crippen molar-refractivity contribution in [3.63, 3.8) is 0 Å². The first kappa shape index (κ1) is 12.3. The van der Waals surface area contributed by atoms with E-state index in [-0.39, 0.29) is 5.69 Å². The molecule has 2 heterocycles. The van der Waals surface area contributed by atoms with E-state index >= 15 is 0 Å². The van der Waals surface area contributed by atoms with Gasteiger partial charge in [-0.05, 0) is 12.1 Å². The van der Waals surface area contributed by atoms with Crippen molar-refractivity contribution in [2.24, 2.45) is 5.73 Å². The normalized spacial score (nSPS) is 10.2. The number of carbonyl (C=O) groups excluding carboxylic acids is 1. The fraction of sp³-hybridized carbons (Fsp3) is 0.182. The Balaban J connectivity index is 2.00. The molecule has 0 atom stereocenters. The zero-order valence-electron chi connectivity index (χ0n) is 9.59. The number of pyridine rings is 1. The van der Waals surface area contributed by atoms with Crippen molar-refractivity contribution in [1.82, 2.24) is 9.97 Å². The van der Waals surface area contributed by atoms with Crippen LogP contribution in [0.15, 0.2) is 23.0 Å². The molecule has 0 aliphatic heterocycles. The lowest BCUT2D eigenvalue weighted by Crippen LogP contribution is -2.16. The van der Waals surface area contributed by atoms with Crippen LogP contribution in [0.25, 0.3) is 0 Å². The maximum atomic E-state index is 11.0. The van der Waals surface area contributed by atoms with Crippen LogP contribution in [0, 0.1) is 0 Å². The smallest absolute Gasteiger partial charge is 0.267 e. The van der Waals surface area contributed by atoms with E-state index in [1.54, 1.807) is 22.9 Å². The van der Waals surface area contributed by atoms with Crippen LogP contribution in [0.1, 0.15) is 16.2 Å². The van der Waals surface area contributed by atoms with Gasteiger partial charge in [0, 0.05) is 18.3 Å². The number of nitrogens with two attached hydrogens (primary N) is 2. The molecule has 1 amide bonds. The van der Waals surface area contributed by atoms with Gasteiger partial charge >= 0.3 is 0 Å². The van der Waals surface area contributed by atoms with Crippen molar-refractivity contribution < 1.29 is 4.79 Å². The maximum absolute atomic E-state index is 11.0. The molecule has 0 aliphatic rings. The lowest BCUT2D eigenvalue weighted by molar-refractivity contribution is 0.0996. The predicted octanol–water partition coefficient (Wildman–Crippen LogP) is 0.874. The first-order valence-corrected chi connectivity index (χ1v) is 6.28. The molecule has 2 rings (SSSR count). The highest BCUT2D eigenvalue weighted by atomic mass is 32.1. The number of amides is 1. The number of carbonyl (C=O) groups is 1. The highest BCUT2D eigenvalue weighted by Crippen LogP contribution is 2.15. The van der Waals surface area contributed by atoms with Gasteiger partial charge in [0.05, 0.1) is 16.9 Å². The number of hydrogen-bond donors (Lipinski definition) is 3. The summed E-state index contributed by atoms with van der Waals surface area (Å²) in [7, 11) is 0. The summed E-state index contributed by atoms with van der Waals surface area (Å²) in [4.78, 5) is 19.2. The fourth-order valence-corrected chi connectivity index (χ4v) is 2.01. The summed E-state index contributed by atoms with van der Waals surface area (Å²) < 4.78 is 0. The Hall–Kier alpha value is -2.15. The summed E-state index contributed by atoms with van der Waals surface area (Å²) >= 11 is 1.55. The summed E-state index contributed by atoms with van der Waals surface area (Å²) in [5, 5.41) is 5.05. The van der Waals surface area contributed by atoms with Crippen LogP contribution in [0.2, 0.25) is 0 Å². The van der Waals surface area contributed by atoms with Gasteiger partial charge in [0.25, 0.3) is 5.91 Å². The van der Waals surface area contributed by atoms with E-state index in [9.17, 15) is 4.79 Å². The first-order chi connectivity index (χ1) is 8.66. The van der Waals surface area contributed by atoms with Crippen molar-refractivity contribution in [2.75, 3.05) is 17.6 Å². The lowest BCUT2D eigenvalue weighted by Gasteiger charge is -2.08. The van der Waals surface area contributed by atoms with Crippen molar-refractivity contribution in [3.05, 3.63) is 34.4 Å². The van der Waals surface area contributed by atoms with Crippen LogP contribution in [0.3, 0.4) is 0 Å². The first-order valence-electron chi connectivity index (χ1n) is 5.34. The number of nitrogens with one attached hydrogen (secondary N) is 1. The Morgan fingerprint density at radius 3 is 2.94 bits per heavy atom. The maximum Gasteiger partial charge on any atom is 0.267 e.